The Kier molecular flexibility index (Phi) is 4.52. The van der Waals surface area contributed by atoms with Crippen molar-refractivity contribution in [3.8, 4) is 0 Å². The molecule has 1 aromatic rings. The first-order valence-electron chi connectivity index (χ1n) is 7.89. The van der Waals surface area contributed by atoms with Crippen molar-refractivity contribution in [1.29, 1.82) is 0 Å². The van der Waals surface area contributed by atoms with Crippen LogP contribution in [0.15, 0.2) is 18.2 Å². The Hall–Kier alpha value is -0.280. The summed E-state index contributed by atoms with van der Waals surface area (Å²) < 4.78 is 0. The molecule has 2 N–H and O–H groups in total. The van der Waals surface area contributed by atoms with Crippen LogP contribution in [0.3, 0.4) is 0 Å². The second-order valence-electron chi connectivity index (χ2n) is 6.57. The van der Waals surface area contributed by atoms with E-state index in [2.05, 4.69) is 5.32 Å². The van der Waals surface area contributed by atoms with Crippen molar-refractivity contribution in [3.63, 3.8) is 0 Å². The highest BCUT2D eigenvalue weighted by atomic mass is 35.5. The van der Waals surface area contributed by atoms with Crippen molar-refractivity contribution < 1.29 is 5.11 Å². The number of hydrogen-bond acceptors (Lipinski definition) is 2. The van der Waals surface area contributed by atoms with Crippen molar-refractivity contribution in [1.82, 2.24) is 5.32 Å². The SMILES string of the molecule is CN[C@@H]1CCC[C@H]1C(O)C1(c2ccc(Cl)c(Cl)c2)CCC1. The zero-order valence-electron chi connectivity index (χ0n) is 12.4. The van der Waals surface area contributed by atoms with Gasteiger partial charge in [-0.1, -0.05) is 42.1 Å². The lowest BCUT2D eigenvalue weighted by atomic mass is 9.58. The normalized spacial score (nSPS) is 29.1. The first-order chi connectivity index (χ1) is 10.1. The molecule has 1 aromatic carbocycles. The minimum absolute atomic E-state index is 0.127. The topological polar surface area (TPSA) is 32.3 Å². The molecule has 2 saturated carbocycles. The van der Waals surface area contributed by atoms with Crippen LogP contribution in [0.4, 0.5) is 0 Å². The van der Waals surface area contributed by atoms with Gasteiger partial charge in [-0.05, 0) is 50.4 Å². The first-order valence-corrected chi connectivity index (χ1v) is 8.65. The maximum absolute atomic E-state index is 11.1. The third kappa shape index (κ3) is 2.61. The number of aliphatic hydroxyl groups excluding tert-OH is 1. The van der Waals surface area contributed by atoms with Crippen LogP contribution in [-0.4, -0.2) is 24.3 Å². The van der Waals surface area contributed by atoms with Crippen LogP contribution in [0.2, 0.25) is 10.0 Å². The fourth-order valence-electron chi connectivity index (χ4n) is 4.25. The van der Waals surface area contributed by atoms with Gasteiger partial charge in [0.05, 0.1) is 16.1 Å². The molecule has 0 aliphatic heterocycles. The summed E-state index contributed by atoms with van der Waals surface area (Å²) in [6.45, 7) is 0. The largest absolute Gasteiger partial charge is 0.392 e. The number of aliphatic hydroxyl groups is 1. The summed E-state index contributed by atoms with van der Waals surface area (Å²) >= 11 is 12.2. The molecule has 0 radical (unpaired) electrons. The molecule has 0 bridgehead atoms. The lowest BCUT2D eigenvalue weighted by Crippen LogP contribution is -2.52. The van der Waals surface area contributed by atoms with Crippen molar-refractivity contribution in [2.24, 2.45) is 5.92 Å². The number of benzene rings is 1. The van der Waals surface area contributed by atoms with E-state index in [1.807, 2.05) is 25.2 Å². The van der Waals surface area contributed by atoms with Gasteiger partial charge < -0.3 is 10.4 Å². The van der Waals surface area contributed by atoms with Gasteiger partial charge in [0.1, 0.15) is 0 Å². The molecular formula is C17H23Cl2NO. The van der Waals surface area contributed by atoms with Gasteiger partial charge in [-0.2, -0.15) is 0 Å². The Morgan fingerprint density at radius 2 is 1.95 bits per heavy atom. The van der Waals surface area contributed by atoms with Crippen LogP contribution in [0, 0.1) is 5.92 Å². The molecular weight excluding hydrogens is 305 g/mol. The molecule has 2 nitrogen and oxygen atoms in total. The maximum Gasteiger partial charge on any atom is 0.0679 e. The zero-order valence-corrected chi connectivity index (χ0v) is 13.9. The van der Waals surface area contributed by atoms with Crippen molar-refractivity contribution >= 4 is 23.2 Å². The molecule has 116 valence electrons. The van der Waals surface area contributed by atoms with Crippen LogP contribution in [0.25, 0.3) is 0 Å². The summed E-state index contributed by atoms with van der Waals surface area (Å²) in [7, 11) is 2.00. The van der Waals surface area contributed by atoms with E-state index >= 15 is 0 Å². The Balaban J connectivity index is 1.90. The van der Waals surface area contributed by atoms with Crippen LogP contribution in [0.5, 0.6) is 0 Å². The average molecular weight is 328 g/mol. The standard InChI is InChI=1S/C17H23Cl2NO/c1-20-15-5-2-4-12(15)16(21)17(8-3-9-17)11-6-7-13(18)14(19)10-11/h6-7,10,12,15-16,20-21H,2-5,8-9H2,1H3/t12-,15-,16?/m1/s1. The van der Waals surface area contributed by atoms with Gasteiger partial charge in [0.15, 0.2) is 0 Å². The maximum atomic E-state index is 11.1. The van der Waals surface area contributed by atoms with Crippen LogP contribution < -0.4 is 5.32 Å². The van der Waals surface area contributed by atoms with E-state index in [0.29, 0.717) is 22.0 Å². The number of nitrogens with one attached hydrogen (secondary N) is 1. The third-order valence-corrected chi connectivity index (χ3v) is 6.39. The molecule has 3 rings (SSSR count). The molecule has 0 aromatic heterocycles. The molecule has 1 unspecified atom stereocenters. The first kappa shape index (κ1) is 15.6. The second kappa shape index (κ2) is 6.08. The number of rotatable bonds is 4. The van der Waals surface area contributed by atoms with Gasteiger partial charge in [-0.3, -0.25) is 0 Å². The summed E-state index contributed by atoms with van der Waals surface area (Å²) in [5, 5.41) is 15.7. The molecule has 0 spiro atoms. The Morgan fingerprint density at radius 1 is 1.19 bits per heavy atom. The summed E-state index contributed by atoms with van der Waals surface area (Å²) in [4.78, 5) is 0. The van der Waals surface area contributed by atoms with Gasteiger partial charge in [0.25, 0.3) is 0 Å². The smallest absolute Gasteiger partial charge is 0.0679 e. The minimum atomic E-state index is -0.302. The fraction of sp³-hybridized carbons (Fsp3) is 0.647. The summed E-state index contributed by atoms with van der Waals surface area (Å²) in [5.41, 5.74) is 1.02. The summed E-state index contributed by atoms with van der Waals surface area (Å²) in [6, 6.07) is 6.28. The lowest BCUT2D eigenvalue weighted by Gasteiger charge is -2.49. The molecule has 0 heterocycles. The van der Waals surface area contributed by atoms with Gasteiger partial charge in [0.2, 0.25) is 0 Å². The van der Waals surface area contributed by atoms with Crippen LogP contribution in [-0.2, 0) is 5.41 Å². The third-order valence-electron chi connectivity index (χ3n) is 5.65. The lowest BCUT2D eigenvalue weighted by molar-refractivity contribution is -0.0192. The average Bonchev–Trinajstić information content (AvgIpc) is 2.89. The van der Waals surface area contributed by atoms with Crippen LogP contribution >= 0.6 is 23.2 Å². The highest BCUT2D eigenvalue weighted by molar-refractivity contribution is 6.42. The molecule has 0 saturated heterocycles. The van der Waals surface area contributed by atoms with E-state index in [1.165, 1.54) is 12.8 Å². The van der Waals surface area contributed by atoms with Crippen molar-refractivity contribution in [2.75, 3.05) is 7.05 Å². The monoisotopic (exact) mass is 327 g/mol. The number of halogens is 2. The Morgan fingerprint density at radius 3 is 2.52 bits per heavy atom. The molecule has 2 fully saturated rings. The predicted molar refractivity (Wildman–Crippen MR) is 88.2 cm³/mol. The van der Waals surface area contributed by atoms with E-state index in [9.17, 15) is 5.11 Å². The molecule has 2 aliphatic carbocycles. The van der Waals surface area contributed by atoms with Gasteiger partial charge >= 0.3 is 0 Å². The minimum Gasteiger partial charge on any atom is -0.392 e. The van der Waals surface area contributed by atoms with Crippen molar-refractivity contribution in [3.05, 3.63) is 33.8 Å². The van der Waals surface area contributed by atoms with E-state index in [0.717, 1.165) is 31.2 Å². The van der Waals surface area contributed by atoms with Crippen LogP contribution in [0.1, 0.15) is 44.1 Å². The van der Waals surface area contributed by atoms with Gasteiger partial charge in [0, 0.05) is 17.4 Å². The molecule has 21 heavy (non-hydrogen) atoms. The molecule has 4 heteroatoms. The van der Waals surface area contributed by atoms with Crippen molar-refractivity contribution in [2.45, 2.75) is 56.1 Å². The Bertz CT molecular complexity index is 516. The summed E-state index contributed by atoms with van der Waals surface area (Å²) in [5.74, 6) is 0.338. The number of hydrogen-bond donors (Lipinski definition) is 2. The zero-order chi connectivity index (χ0) is 15.0. The van der Waals surface area contributed by atoms with Gasteiger partial charge in [-0.15, -0.1) is 0 Å². The van der Waals surface area contributed by atoms with Gasteiger partial charge in [-0.25, -0.2) is 0 Å². The van der Waals surface area contributed by atoms with E-state index in [4.69, 9.17) is 23.2 Å². The molecule has 3 atom stereocenters. The fourth-order valence-corrected chi connectivity index (χ4v) is 4.55. The van der Waals surface area contributed by atoms with E-state index in [1.54, 1.807) is 0 Å². The van der Waals surface area contributed by atoms with E-state index in [-0.39, 0.29) is 11.5 Å². The second-order valence-corrected chi connectivity index (χ2v) is 7.39. The Labute approximate surface area is 136 Å². The predicted octanol–water partition coefficient (Wildman–Crippen LogP) is 4.16. The highest BCUT2D eigenvalue weighted by Crippen LogP contribution is 2.51. The molecule has 2 aliphatic rings. The molecule has 0 amide bonds. The van der Waals surface area contributed by atoms with E-state index < -0.39 is 0 Å². The quantitative estimate of drug-likeness (QED) is 0.870. The summed E-state index contributed by atoms with van der Waals surface area (Å²) in [6.07, 6.45) is 6.42. The highest BCUT2D eigenvalue weighted by Gasteiger charge is 2.50.